The Kier molecular flexibility index (Phi) is 5.39. The molecule has 0 saturated heterocycles. The van der Waals surface area contributed by atoms with E-state index >= 15 is 0 Å². The number of urea groups is 1. The lowest BCUT2D eigenvalue weighted by Gasteiger charge is -2.16. The van der Waals surface area contributed by atoms with Crippen molar-refractivity contribution in [1.29, 1.82) is 0 Å². The van der Waals surface area contributed by atoms with Crippen molar-refractivity contribution in [3.05, 3.63) is 71.5 Å². The molecule has 0 aliphatic heterocycles. The van der Waals surface area contributed by atoms with Crippen LogP contribution in [-0.4, -0.2) is 16.0 Å². The summed E-state index contributed by atoms with van der Waals surface area (Å²) in [6, 6.07) is 10.2. The first kappa shape index (κ1) is 19.9. The van der Waals surface area contributed by atoms with Crippen molar-refractivity contribution >= 4 is 17.7 Å². The summed E-state index contributed by atoms with van der Waals surface area (Å²) >= 11 is 0. The van der Waals surface area contributed by atoms with Crippen molar-refractivity contribution in [3.63, 3.8) is 0 Å². The Morgan fingerprint density at radius 2 is 1.57 bits per heavy atom. The highest BCUT2D eigenvalue weighted by atomic mass is 19.4. The molecule has 3 aromatic rings. The molecular formula is C22H19F3N4O. The number of nitrogens with one attached hydrogen (secondary N) is 2. The lowest BCUT2D eigenvalue weighted by atomic mass is 9.89. The van der Waals surface area contributed by atoms with Gasteiger partial charge in [-0.05, 0) is 54.5 Å². The predicted octanol–water partition coefficient (Wildman–Crippen LogP) is 5.69. The van der Waals surface area contributed by atoms with Crippen LogP contribution in [0.15, 0.2) is 54.9 Å². The molecule has 0 atom stereocenters. The van der Waals surface area contributed by atoms with Crippen LogP contribution < -0.4 is 10.6 Å². The van der Waals surface area contributed by atoms with Gasteiger partial charge in [0.1, 0.15) is 0 Å². The highest BCUT2D eigenvalue weighted by molar-refractivity contribution is 5.99. The van der Waals surface area contributed by atoms with E-state index in [9.17, 15) is 18.0 Å². The van der Waals surface area contributed by atoms with Crippen molar-refractivity contribution in [1.82, 2.24) is 9.97 Å². The number of hydrogen-bond donors (Lipinski definition) is 2. The Balaban J connectivity index is 1.45. The Labute approximate surface area is 171 Å². The van der Waals surface area contributed by atoms with Crippen LogP contribution in [0.2, 0.25) is 0 Å². The molecule has 2 N–H and O–H groups in total. The van der Waals surface area contributed by atoms with Crippen LogP contribution in [0.1, 0.15) is 29.5 Å². The van der Waals surface area contributed by atoms with Gasteiger partial charge >= 0.3 is 12.2 Å². The molecule has 154 valence electrons. The van der Waals surface area contributed by atoms with Gasteiger partial charge in [0.25, 0.3) is 0 Å². The van der Waals surface area contributed by atoms with E-state index in [-0.39, 0.29) is 11.6 Å². The second-order valence-corrected chi connectivity index (χ2v) is 7.11. The average molecular weight is 412 g/mol. The molecule has 30 heavy (non-hydrogen) atoms. The molecule has 0 unspecified atom stereocenters. The van der Waals surface area contributed by atoms with Gasteiger partial charge in [-0.3, -0.25) is 5.32 Å². The Morgan fingerprint density at radius 1 is 0.867 bits per heavy atom. The van der Waals surface area contributed by atoms with E-state index in [1.807, 2.05) is 6.07 Å². The minimum atomic E-state index is -4.57. The molecule has 0 fully saturated rings. The summed E-state index contributed by atoms with van der Waals surface area (Å²) in [4.78, 5) is 20.3. The van der Waals surface area contributed by atoms with Gasteiger partial charge in [-0.1, -0.05) is 30.3 Å². The fraction of sp³-hybridized carbons (Fsp3) is 0.227. The number of halogens is 3. The molecule has 4 rings (SSSR count). The number of aromatic nitrogens is 2. The maximum atomic E-state index is 13.0. The molecule has 2 aromatic carbocycles. The molecule has 0 spiro atoms. The maximum absolute atomic E-state index is 13.0. The Morgan fingerprint density at radius 3 is 2.30 bits per heavy atom. The number of benzene rings is 2. The molecule has 1 aliphatic rings. The topological polar surface area (TPSA) is 66.9 Å². The fourth-order valence-electron chi connectivity index (χ4n) is 3.55. The summed E-state index contributed by atoms with van der Waals surface area (Å²) < 4.78 is 39.1. The molecule has 0 saturated carbocycles. The molecule has 1 aliphatic carbocycles. The second kappa shape index (κ2) is 8.14. The van der Waals surface area contributed by atoms with Gasteiger partial charge in [0.05, 0.1) is 11.3 Å². The SMILES string of the molecule is O=C(Nc1ncc(-c2ccc3c(c2)CCCC3)cn1)Nc1ccccc1C(F)(F)F. The van der Waals surface area contributed by atoms with Crippen LogP contribution in [0.3, 0.4) is 0 Å². The number of fused-ring (bicyclic) bond motifs is 1. The lowest BCUT2D eigenvalue weighted by molar-refractivity contribution is -0.136. The van der Waals surface area contributed by atoms with Crippen LogP contribution >= 0.6 is 0 Å². The first-order chi connectivity index (χ1) is 14.4. The summed E-state index contributed by atoms with van der Waals surface area (Å²) in [6.07, 6.45) is 3.14. The first-order valence-corrected chi connectivity index (χ1v) is 9.58. The Hall–Kier alpha value is -3.42. The van der Waals surface area contributed by atoms with Crippen molar-refractivity contribution in [2.75, 3.05) is 10.6 Å². The number of carbonyl (C=O) groups is 1. The average Bonchev–Trinajstić information content (AvgIpc) is 2.73. The number of rotatable bonds is 3. The summed E-state index contributed by atoms with van der Waals surface area (Å²) in [5, 5.41) is 4.55. The van der Waals surface area contributed by atoms with Gasteiger partial charge in [-0.15, -0.1) is 0 Å². The van der Waals surface area contributed by atoms with Crippen molar-refractivity contribution < 1.29 is 18.0 Å². The molecule has 2 amide bonds. The summed E-state index contributed by atoms with van der Waals surface area (Å²) in [5.74, 6) is -0.00120. The van der Waals surface area contributed by atoms with E-state index in [1.54, 1.807) is 12.4 Å². The van der Waals surface area contributed by atoms with E-state index in [1.165, 1.54) is 42.2 Å². The molecular weight excluding hydrogens is 393 g/mol. The normalized spacial score (nSPS) is 13.4. The number of para-hydroxylation sites is 1. The van der Waals surface area contributed by atoms with Crippen molar-refractivity contribution in [2.45, 2.75) is 31.9 Å². The zero-order chi connectivity index (χ0) is 21.1. The standard InChI is InChI=1S/C22H19F3N4O/c23-22(24,25)18-7-3-4-8-19(18)28-21(30)29-20-26-12-17(13-27-20)16-10-9-14-5-1-2-6-15(14)11-16/h3-4,7-13H,1-2,5-6H2,(H2,26,27,28,29,30). The lowest BCUT2D eigenvalue weighted by Crippen LogP contribution is -2.22. The van der Waals surface area contributed by atoms with Crippen LogP contribution in [-0.2, 0) is 19.0 Å². The quantitative estimate of drug-likeness (QED) is 0.581. The minimum Gasteiger partial charge on any atom is -0.307 e. The van der Waals surface area contributed by atoms with E-state index in [0.717, 1.165) is 30.0 Å². The third-order valence-electron chi connectivity index (χ3n) is 5.04. The van der Waals surface area contributed by atoms with Gasteiger partial charge < -0.3 is 5.32 Å². The van der Waals surface area contributed by atoms with Crippen LogP contribution in [0.25, 0.3) is 11.1 Å². The number of hydrogen-bond acceptors (Lipinski definition) is 3. The predicted molar refractivity (Wildman–Crippen MR) is 108 cm³/mol. The van der Waals surface area contributed by atoms with E-state index < -0.39 is 17.8 Å². The molecule has 5 nitrogen and oxygen atoms in total. The van der Waals surface area contributed by atoms with Gasteiger partial charge in [0.15, 0.2) is 0 Å². The van der Waals surface area contributed by atoms with Crippen LogP contribution in [0, 0.1) is 0 Å². The fourth-order valence-corrected chi connectivity index (χ4v) is 3.55. The van der Waals surface area contributed by atoms with E-state index in [4.69, 9.17) is 0 Å². The number of alkyl halides is 3. The molecule has 0 radical (unpaired) electrons. The molecule has 0 bridgehead atoms. The summed E-state index contributed by atoms with van der Waals surface area (Å²) in [6.45, 7) is 0. The number of carbonyl (C=O) groups excluding carboxylic acids is 1. The summed E-state index contributed by atoms with van der Waals surface area (Å²) in [5.41, 5.74) is 3.24. The molecule has 8 heteroatoms. The third-order valence-corrected chi connectivity index (χ3v) is 5.04. The number of amides is 2. The van der Waals surface area contributed by atoms with Crippen LogP contribution in [0.4, 0.5) is 29.6 Å². The van der Waals surface area contributed by atoms with Gasteiger partial charge in [-0.2, -0.15) is 13.2 Å². The van der Waals surface area contributed by atoms with E-state index in [2.05, 4.69) is 32.7 Å². The Bertz CT molecular complexity index is 1060. The summed E-state index contributed by atoms with van der Waals surface area (Å²) in [7, 11) is 0. The van der Waals surface area contributed by atoms with Crippen molar-refractivity contribution in [3.8, 4) is 11.1 Å². The van der Waals surface area contributed by atoms with Gasteiger partial charge in [-0.25, -0.2) is 14.8 Å². The zero-order valence-electron chi connectivity index (χ0n) is 16.0. The van der Waals surface area contributed by atoms with Crippen molar-refractivity contribution in [2.24, 2.45) is 0 Å². The molecule has 1 aromatic heterocycles. The van der Waals surface area contributed by atoms with Gasteiger partial charge in [0, 0.05) is 18.0 Å². The highest BCUT2D eigenvalue weighted by Crippen LogP contribution is 2.34. The zero-order valence-corrected chi connectivity index (χ0v) is 16.0. The minimum absolute atomic E-state index is 0.00120. The largest absolute Gasteiger partial charge is 0.418 e. The first-order valence-electron chi connectivity index (χ1n) is 9.58. The maximum Gasteiger partial charge on any atom is 0.418 e. The van der Waals surface area contributed by atoms with Gasteiger partial charge in [0.2, 0.25) is 5.95 Å². The monoisotopic (exact) mass is 412 g/mol. The number of anilines is 2. The highest BCUT2D eigenvalue weighted by Gasteiger charge is 2.33. The third kappa shape index (κ3) is 4.42. The number of nitrogens with zero attached hydrogens (tertiary/aromatic N) is 2. The number of aryl methyl sites for hydroxylation is 2. The smallest absolute Gasteiger partial charge is 0.307 e. The molecule has 1 heterocycles. The second-order valence-electron chi connectivity index (χ2n) is 7.11. The van der Waals surface area contributed by atoms with E-state index in [0.29, 0.717) is 0 Å². The van der Waals surface area contributed by atoms with Crippen LogP contribution in [0.5, 0.6) is 0 Å².